The van der Waals surface area contributed by atoms with E-state index in [1.807, 2.05) is 43.3 Å². The zero-order chi connectivity index (χ0) is 15.9. The number of methoxy groups -OCH3 is 1. The molecule has 0 saturated heterocycles. The Morgan fingerprint density at radius 3 is 2.68 bits per heavy atom. The molecular weight excluding hydrogens is 276 g/mol. The zero-order valence-electron chi connectivity index (χ0n) is 13.2. The van der Waals surface area contributed by atoms with E-state index in [2.05, 4.69) is 29.7 Å². The van der Waals surface area contributed by atoms with Crippen LogP contribution in [0.2, 0.25) is 0 Å². The highest BCUT2D eigenvalue weighted by atomic mass is 16.5. The standard InChI is InChI=1S/C18H22N2O2/c1-4-14-8-7-9-15(12-14)19-13(2)18(21)20-16-10-5-6-11-17(16)22-3/h5-13,19H,4H2,1-3H3,(H,20,21)/t13-/m0/s1. The van der Waals surface area contributed by atoms with Crippen molar-refractivity contribution in [3.05, 3.63) is 54.1 Å². The van der Waals surface area contributed by atoms with Gasteiger partial charge in [-0.2, -0.15) is 0 Å². The van der Waals surface area contributed by atoms with Crippen molar-refractivity contribution in [3.8, 4) is 5.75 Å². The number of carbonyl (C=O) groups excluding carboxylic acids is 1. The summed E-state index contributed by atoms with van der Waals surface area (Å²) >= 11 is 0. The minimum Gasteiger partial charge on any atom is -0.495 e. The number of benzene rings is 2. The van der Waals surface area contributed by atoms with Crippen molar-refractivity contribution < 1.29 is 9.53 Å². The van der Waals surface area contributed by atoms with Gasteiger partial charge < -0.3 is 15.4 Å². The number of amides is 1. The minimum absolute atomic E-state index is 0.105. The second-order valence-corrected chi connectivity index (χ2v) is 5.11. The lowest BCUT2D eigenvalue weighted by molar-refractivity contribution is -0.116. The van der Waals surface area contributed by atoms with Crippen LogP contribution >= 0.6 is 0 Å². The summed E-state index contributed by atoms with van der Waals surface area (Å²) in [5.41, 5.74) is 2.86. The highest BCUT2D eigenvalue weighted by Gasteiger charge is 2.14. The van der Waals surface area contributed by atoms with Gasteiger partial charge in [0.1, 0.15) is 11.8 Å². The maximum absolute atomic E-state index is 12.3. The first kappa shape index (κ1) is 15.9. The summed E-state index contributed by atoms with van der Waals surface area (Å²) in [6.07, 6.45) is 0.970. The molecule has 1 amide bonds. The van der Waals surface area contributed by atoms with Gasteiger partial charge in [0.15, 0.2) is 0 Å². The van der Waals surface area contributed by atoms with Crippen LogP contribution in [0.3, 0.4) is 0 Å². The number of ether oxygens (including phenoxy) is 1. The second kappa shape index (κ2) is 7.50. The third-order valence-electron chi connectivity index (χ3n) is 3.48. The van der Waals surface area contributed by atoms with E-state index in [0.717, 1.165) is 12.1 Å². The van der Waals surface area contributed by atoms with E-state index in [1.54, 1.807) is 7.11 Å². The Kier molecular flexibility index (Phi) is 5.42. The Balaban J connectivity index is 2.02. The lowest BCUT2D eigenvalue weighted by Crippen LogP contribution is -2.32. The molecule has 0 spiro atoms. The molecule has 0 saturated carbocycles. The van der Waals surface area contributed by atoms with Gasteiger partial charge in [-0.3, -0.25) is 4.79 Å². The number of para-hydroxylation sites is 2. The smallest absolute Gasteiger partial charge is 0.246 e. The highest BCUT2D eigenvalue weighted by Crippen LogP contribution is 2.23. The summed E-state index contributed by atoms with van der Waals surface area (Å²) in [5, 5.41) is 6.10. The van der Waals surface area contributed by atoms with Crippen molar-refractivity contribution in [2.24, 2.45) is 0 Å². The molecule has 2 aromatic carbocycles. The van der Waals surface area contributed by atoms with Crippen molar-refractivity contribution in [3.63, 3.8) is 0 Å². The van der Waals surface area contributed by atoms with Gasteiger partial charge in [0.05, 0.1) is 12.8 Å². The molecule has 116 valence electrons. The summed E-state index contributed by atoms with van der Waals surface area (Å²) in [6, 6.07) is 15.1. The van der Waals surface area contributed by atoms with Crippen LogP contribution < -0.4 is 15.4 Å². The Morgan fingerprint density at radius 1 is 1.18 bits per heavy atom. The maximum atomic E-state index is 12.3. The maximum Gasteiger partial charge on any atom is 0.246 e. The van der Waals surface area contributed by atoms with E-state index >= 15 is 0 Å². The molecule has 0 aliphatic heterocycles. The number of anilines is 2. The van der Waals surface area contributed by atoms with Crippen LogP contribution in [0.1, 0.15) is 19.4 Å². The number of rotatable bonds is 6. The molecular formula is C18H22N2O2. The predicted molar refractivity (Wildman–Crippen MR) is 90.5 cm³/mol. The van der Waals surface area contributed by atoms with Crippen LogP contribution in [0.4, 0.5) is 11.4 Å². The van der Waals surface area contributed by atoms with Gasteiger partial charge in [0, 0.05) is 5.69 Å². The average molecular weight is 298 g/mol. The monoisotopic (exact) mass is 298 g/mol. The van der Waals surface area contributed by atoms with Crippen LogP contribution in [-0.2, 0) is 11.2 Å². The van der Waals surface area contributed by atoms with E-state index in [9.17, 15) is 4.79 Å². The van der Waals surface area contributed by atoms with E-state index in [1.165, 1.54) is 5.56 Å². The topological polar surface area (TPSA) is 50.4 Å². The van der Waals surface area contributed by atoms with Crippen molar-refractivity contribution >= 4 is 17.3 Å². The first-order chi connectivity index (χ1) is 10.6. The normalized spacial score (nSPS) is 11.6. The van der Waals surface area contributed by atoms with E-state index in [0.29, 0.717) is 11.4 Å². The van der Waals surface area contributed by atoms with Crippen molar-refractivity contribution in [1.29, 1.82) is 0 Å². The third-order valence-corrected chi connectivity index (χ3v) is 3.48. The SMILES string of the molecule is CCc1cccc(N[C@@H](C)C(=O)Nc2ccccc2OC)c1. The van der Waals surface area contributed by atoms with Crippen molar-refractivity contribution in [2.75, 3.05) is 17.7 Å². The Morgan fingerprint density at radius 2 is 1.95 bits per heavy atom. The van der Waals surface area contributed by atoms with E-state index < -0.39 is 0 Å². The third kappa shape index (κ3) is 4.01. The van der Waals surface area contributed by atoms with Crippen LogP contribution in [0.15, 0.2) is 48.5 Å². The van der Waals surface area contributed by atoms with Gasteiger partial charge in [0.2, 0.25) is 5.91 Å². The van der Waals surface area contributed by atoms with Crippen molar-refractivity contribution in [2.45, 2.75) is 26.3 Å². The molecule has 2 N–H and O–H groups in total. The molecule has 0 aliphatic carbocycles. The molecule has 4 nitrogen and oxygen atoms in total. The first-order valence-electron chi connectivity index (χ1n) is 7.43. The molecule has 0 radical (unpaired) electrons. The van der Waals surface area contributed by atoms with Crippen LogP contribution in [0.25, 0.3) is 0 Å². The molecule has 0 fully saturated rings. The molecule has 22 heavy (non-hydrogen) atoms. The van der Waals surface area contributed by atoms with Gasteiger partial charge in [-0.05, 0) is 43.2 Å². The number of nitrogens with one attached hydrogen (secondary N) is 2. The summed E-state index contributed by atoms with van der Waals surface area (Å²) in [5.74, 6) is 0.544. The van der Waals surface area contributed by atoms with Crippen LogP contribution in [0.5, 0.6) is 5.75 Å². The molecule has 0 bridgehead atoms. The Labute approximate surface area is 131 Å². The quantitative estimate of drug-likeness (QED) is 0.855. The number of hydrogen-bond acceptors (Lipinski definition) is 3. The fourth-order valence-corrected chi connectivity index (χ4v) is 2.19. The number of hydrogen-bond donors (Lipinski definition) is 2. The van der Waals surface area contributed by atoms with E-state index in [-0.39, 0.29) is 11.9 Å². The fraction of sp³-hybridized carbons (Fsp3) is 0.278. The molecule has 0 unspecified atom stereocenters. The highest BCUT2D eigenvalue weighted by molar-refractivity contribution is 5.97. The lowest BCUT2D eigenvalue weighted by Gasteiger charge is -2.17. The van der Waals surface area contributed by atoms with Crippen molar-refractivity contribution in [1.82, 2.24) is 0 Å². The second-order valence-electron chi connectivity index (χ2n) is 5.11. The zero-order valence-corrected chi connectivity index (χ0v) is 13.2. The van der Waals surface area contributed by atoms with Crippen LogP contribution in [-0.4, -0.2) is 19.1 Å². The van der Waals surface area contributed by atoms with Gasteiger partial charge in [-0.1, -0.05) is 31.2 Å². The van der Waals surface area contributed by atoms with Gasteiger partial charge >= 0.3 is 0 Å². The first-order valence-corrected chi connectivity index (χ1v) is 7.43. The Bertz CT molecular complexity index is 640. The van der Waals surface area contributed by atoms with Gasteiger partial charge in [-0.15, -0.1) is 0 Å². The van der Waals surface area contributed by atoms with Gasteiger partial charge in [0.25, 0.3) is 0 Å². The average Bonchev–Trinajstić information content (AvgIpc) is 2.55. The predicted octanol–water partition coefficient (Wildman–Crippen LogP) is 3.70. The number of carbonyl (C=O) groups is 1. The molecule has 0 aliphatic rings. The molecule has 0 aromatic heterocycles. The minimum atomic E-state index is -0.350. The molecule has 2 aromatic rings. The summed E-state index contributed by atoms with van der Waals surface area (Å²) in [4.78, 5) is 12.3. The molecule has 1 atom stereocenters. The summed E-state index contributed by atoms with van der Waals surface area (Å²) in [6.45, 7) is 3.94. The van der Waals surface area contributed by atoms with E-state index in [4.69, 9.17) is 4.74 Å². The largest absolute Gasteiger partial charge is 0.495 e. The lowest BCUT2D eigenvalue weighted by atomic mass is 10.1. The summed E-state index contributed by atoms with van der Waals surface area (Å²) in [7, 11) is 1.59. The Hall–Kier alpha value is -2.49. The number of aryl methyl sites for hydroxylation is 1. The molecule has 0 heterocycles. The van der Waals surface area contributed by atoms with Gasteiger partial charge in [-0.25, -0.2) is 0 Å². The fourth-order valence-electron chi connectivity index (χ4n) is 2.19. The summed E-state index contributed by atoms with van der Waals surface area (Å²) < 4.78 is 5.24. The van der Waals surface area contributed by atoms with Crippen LogP contribution in [0, 0.1) is 0 Å². The molecule has 4 heteroatoms. The molecule has 2 rings (SSSR count).